The molecule has 7 nitrogen and oxygen atoms in total. The van der Waals surface area contributed by atoms with E-state index in [0.717, 1.165) is 0 Å². The second kappa shape index (κ2) is 5.46. The van der Waals surface area contributed by atoms with Crippen molar-refractivity contribution in [2.45, 2.75) is 19.5 Å². The second-order valence-electron chi connectivity index (χ2n) is 3.87. The van der Waals surface area contributed by atoms with E-state index >= 15 is 0 Å². The highest BCUT2D eigenvalue weighted by Gasteiger charge is 2.15. The van der Waals surface area contributed by atoms with E-state index in [4.69, 9.17) is 10.2 Å². The van der Waals surface area contributed by atoms with Crippen molar-refractivity contribution in [2.24, 2.45) is 5.73 Å². The van der Waals surface area contributed by atoms with Gasteiger partial charge in [0.15, 0.2) is 5.69 Å². The van der Waals surface area contributed by atoms with Crippen LogP contribution in [-0.4, -0.2) is 27.4 Å². The zero-order valence-electron chi connectivity index (χ0n) is 10.0. The summed E-state index contributed by atoms with van der Waals surface area (Å²) >= 11 is 0. The Balaban J connectivity index is 1.98. The van der Waals surface area contributed by atoms with Crippen molar-refractivity contribution in [3.8, 4) is 0 Å². The zero-order valence-corrected chi connectivity index (χ0v) is 10.0. The van der Waals surface area contributed by atoms with E-state index in [-0.39, 0.29) is 17.6 Å². The van der Waals surface area contributed by atoms with Crippen molar-refractivity contribution in [3.05, 3.63) is 36.0 Å². The summed E-state index contributed by atoms with van der Waals surface area (Å²) in [5.74, 6) is 0.403. The van der Waals surface area contributed by atoms with Crippen LogP contribution in [-0.2, 0) is 6.54 Å². The monoisotopic (exact) mass is 249 g/mol. The summed E-state index contributed by atoms with van der Waals surface area (Å²) in [4.78, 5) is 11.9. The Kier molecular flexibility index (Phi) is 3.73. The third-order valence-electron chi connectivity index (χ3n) is 2.45. The summed E-state index contributed by atoms with van der Waals surface area (Å²) in [5, 5.41) is 10.4. The van der Waals surface area contributed by atoms with Gasteiger partial charge in [0.1, 0.15) is 5.76 Å². The standard InChI is InChI=1S/C11H15N5O2/c1-8(10-3-2-6-18-10)13-11(17)9-7-16(5-4-12)15-14-9/h2-3,6-8H,4-5,12H2,1H3,(H,13,17). The minimum Gasteiger partial charge on any atom is -0.467 e. The van der Waals surface area contributed by atoms with Gasteiger partial charge in [0.05, 0.1) is 25.0 Å². The first-order chi connectivity index (χ1) is 8.70. The lowest BCUT2D eigenvalue weighted by molar-refractivity contribution is 0.0930. The number of hydrogen-bond acceptors (Lipinski definition) is 5. The summed E-state index contributed by atoms with van der Waals surface area (Å²) in [6, 6.07) is 3.36. The molecule has 0 aromatic carbocycles. The van der Waals surface area contributed by atoms with Crippen LogP contribution >= 0.6 is 0 Å². The average molecular weight is 249 g/mol. The number of furan rings is 1. The molecular formula is C11H15N5O2. The van der Waals surface area contributed by atoms with Crippen molar-refractivity contribution >= 4 is 5.91 Å². The number of aromatic nitrogens is 3. The van der Waals surface area contributed by atoms with Crippen LogP contribution in [0.3, 0.4) is 0 Å². The fourth-order valence-electron chi connectivity index (χ4n) is 1.52. The highest BCUT2D eigenvalue weighted by molar-refractivity contribution is 5.92. The molecule has 2 heterocycles. The largest absolute Gasteiger partial charge is 0.467 e. The smallest absolute Gasteiger partial charge is 0.274 e. The van der Waals surface area contributed by atoms with Crippen LogP contribution in [0.5, 0.6) is 0 Å². The molecular weight excluding hydrogens is 234 g/mol. The summed E-state index contributed by atoms with van der Waals surface area (Å²) in [6.07, 6.45) is 3.13. The number of rotatable bonds is 5. The normalized spacial score (nSPS) is 12.3. The third kappa shape index (κ3) is 2.75. The van der Waals surface area contributed by atoms with Gasteiger partial charge in [-0.1, -0.05) is 5.21 Å². The Bertz CT molecular complexity index is 505. The van der Waals surface area contributed by atoms with Crippen molar-refractivity contribution in [3.63, 3.8) is 0 Å². The SMILES string of the molecule is CC(NC(=O)c1cn(CCN)nn1)c1ccco1. The van der Waals surface area contributed by atoms with E-state index in [1.54, 1.807) is 24.6 Å². The van der Waals surface area contributed by atoms with Gasteiger partial charge in [-0.25, -0.2) is 0 Å². The Hall–Kier alpha value is -2.15. The van der Waals surface area contributed by atoms with Crippen molar-refractivity contribution in [2.75, 3.05) is 6.54 Å². The van der Waals surface area contributed by atoms with Gasteiger partial charge in [0.2, 0.25) is 0 Å². The second-order valence-corrected chi connectivity index (χ2v) is 3.87. The Morgan fingerprint density at radius 2 is 2.50 bits per heavy atom. The van der Waals surface area contributed by atoms with E-state index in [1.165, 1.54) is 4.68 Å². The van der Waals surface area contributed by atoms with Gasteiger partial charge >= 0.3 is 0 Å². The van der Waals surface area contributed by atoms with Crippen LogP contribution in [0.15, 0.2) is 29.0 Å². The molecule has 1 atom stereocenters. The van der Waals surface area contributed by atoms with Crippen molar-refractivity contribution in [1.29, 1.82) is 0 Å². The number of amides is 1. The highest BCUT2D eigenvalue weighted by Crippen LogP contribution is 2.12. The van der Waals surface area contributed by atoms with Crippen LogP contribution in [0.25, 0.3) is 0 Å². The van der Waals surface area contributed by atoms with Gasteiger partial charge in [-0.05, 0) is 19.1 Å². The molecule has 1 amide bonds. The maximum atomic E-state index is 11.9. The van der Waals surface area contributed by atoms with Crippen LogP contribution < -0.4 is 11.1 Å². The fourth-order valence-corrected chi connectivity index (χ4v) is 1.52. The minimum absolute atomic E-state index is 0.216. The topological polar surface area (TPSA) is 99.0 Å². The van der Waals surface area contributed by atoms with Gasteiger partial charge in [-0.15, -0.1) is 5.10 Å². The molecule has 7 heteroatoms. The van der Waals surface area contributed by atoms with Gasteiger partial charge in [-0.3, -0.25) is 9.48 Å². The molecule has 0 spiro atoms. The fraction of sp³-hybridized carbons (Fsp3) is 0.364. The van der Waals surface area contributed by atoms with Gasteiger partial charge in [-0.2, -0.15) is 0 Å². The number of nitrogens with two attached hydrogens (primary N) is 1. The molecule has 0 aliphatic heterocycles. The molecule has 0 radical (unpaired) electrons. The number of nitrogens with zero attached hydrogens (tertiary/aromatic N) is 3. The number of hydrogen-bond donors (Lipinski definition) is 2. The van der Waals surface area contributed by atoms with Crippen molar-refractivity contribution < 1.29 is 9.21 Å². The van der Waals surface area contributed by atoms with Crippen molar-refractivity contribution in [1.82, 2.24) is 20.3 Å². The summed E-state index contributed by atoms with van der Waals surface area (Å²) in [7, 11) is 0. The number of carbonyl (C=O) groups is 1. The predicted molar refractivity (Wildman–Crippen MR) is 63.7 cm³/mol. The Morgan fingerprint density at radius 3 is 3.17 bits per heavy atom. The Morgan fingerprint density at radius 1 is 1.67 bits per heavy atom. The molecule has 2 aromatic rings. The zero-order chi connectivity index (χ0) is 13.0. The molecule has 3 N–H and O–H groups in total. The van der Waals surface area contributed by atoms with Gasteiger partial charge in [0, 0.05) is 6.54 Å². The van der Waals surface area contributed by atoms with E-state index in [1.807, 2.05) is 6.92 Å². The molecule has 0 fully saturated rings. The third-order valence-corrected chi connectivity index (χ3v) is 2.45. The molecule has 0 aliphatic rings. The molecule has 2 aromatic heterocycles. The first kappa shape index (κ1) is 12.3. The van der Waals surface area contributed by atoms with Gasteiger partial charge in [0.25, 0.3) is 5.91 Å². The Labute approximate surface area is 104 Å². The molecule has 0 bridgehead atoms. The molecule has 96 valence electrons. The first-order valence-electron chi connectivity index (χ1n) is 5.65. The number of nitrogens with one attached hydrogen (secondary N) is 1. The molecule has 2 rings (SSSR count). The van der Waals surface area contributed by atoms with E-state index < -0.39 is 0 Å². The van der Waals surface area contributed by atoms with Crippen LogP contribution in [0.1, 0.15) is 29.2 Å². The van der Waals surface area contributed by atoms with E-state index in [9.17, 15) is 4.79 Å². The molecule has 0 aliphatic carbocycles. The summed E-state index contributed by atoms with van der Waals surface area (Å²) in [6.45, 7) is 2.82. The molecule has 0 saturated carbocycles. The maximum Gasteiger partial charge on any atom is 0.274 e. The highest BCUT2D eigenvalue weighted by atomic mass is 16.3. The van der Waals surface area contributed by atoms with Crippen LogP contribution in [0.2, 0.25) is 0 Å². The lowest BCUT2D eigenvalue weighted by Crippen LogP contribution is -2.26. The maximum absolute atomic E-state index is 11.9. The van der Waals surface area contributed by atoms with Crippen LogP contribution in [0, 0.1) is 0 Å². The van der Waals surface area contributed by atoms with E-state index in [2.05, 4.69) is 15.6 Å². The average Bonchev–Trinajstić information content (AvgIpc) is 3.00. The summed E-state index contributed by atoms with van der Waals surface area (Å²) < 4.78 is 6.74. The molecule has 1 unspecified atom stereocenters. The minimum atomic E-state index is -0.290. The predicted octanol–water partition coefficient (Wildman–Crippen LogP) is 0.321. The molecule has 18 heavy (non-hydrogen) atoms. The van der Waals surface area contributed by atoms with E-state index in [0.29, 0.717) is 18.8 Å². The number of carbonyl (C=O) groups excluding carboxylic acids is 1. The lowest BCUT2D eigenvalue weighted by atomic mass is 10.2. The summed E-state index contributed by atoms with van der Waals surface area (Å²) in [5.41, 5.74) is 5.65. The van der Waals surface area contributed by atoms with Crippen LogP contribution in [0.4, 0.5) is 0 Å². The first-order valence-corrected chi connectivity index (χ1v) is 5.65. The lowest BCUT2D eigenvalue weighted by Gasteiger charge is -2.09. The van der Waals surface area contributed by atoms with Gasteiger partial charge < -0.3 is 15.5 Å². The molecule has 0 saturated heterocycles. The quantitative estimate of drug-likeness (QED) is 0.795.